The number of β-lactam (4-membered cyclic amide) rings is 1. The molecule has 2 saturated heterocycles. The predicted molar refractivity (Wildman–Crippen MR) is 122 cm³/mol. The Labute approximate surface area is 188 Å². The second-order valence-electron chi connectivity index (χ2n) is 8.72. The molecular weight excluding hydrogens is 402 g/mol. The summed E-state index contributed by atoms with van der Waals surface area (Å²) in [7, 11) is 0. The first-order valence-corrected chi connectivity index (χ1v) is 11.0. The number of amides is 1. The molecule has 2 aliphatic heterocycles. The molecule has 0 N–H and O–H groups in total. The van der Waals surface area contributed by atoms with Crippen molar-refractivity contribution in [3.05, 3.63) is 96.1 Å². The van der Waals surface area contributed by atoms with Gasteiger partial charge in [0.15, 0.2) is 5.79 Å². The summed E-state index contributed by atoms with van der Waals surface area (Å²) in [5.41, 5.74) is 3.07. The molecule has 2 aliphatic rings. The van der Waals surface area contributed by atoms with Gasteiger partial charge in [0, 0.05) is 5.69 Å². The van der Waals surface area contributed by atoms with Crippen LogP contribution in [0.3, 0.4) is 0 Å². The number of rotatable bonds is 6. The fraction of sp³-hybridized carbons (Fsp3) is 0.296. The second kappa shape index (κ2) is 8.41. The highest BCUT2D eigenvalue weighted by atomic mass is 16.7. The Hall–Kier alpha value is -3.15. The van der Waals surface area contributed by atoms with Crippen molar-refractivity contribution < 1.29 is 19.0 Å². The SMILES string of the molecule is CC1(C)OC[C@@H]([C@@H]2C(=O)N(c3ccccc3)[C@@H]2c2ccc(OCc3ccccc3)cc2)O1. The van der Waals surface area contributed by atoms with Crippen LogP contribution in [-0.4, -0.2) is 24.4 Å². The molecule has 0 saturated carbocycles. The summed E-state index contributed by atoms with van der Waals surface area (Å²) in [6.07, 6.45) is -0.267. The summed E-state index contributed by atoms with van der Waals surface area (Å²) in [4.78, 5) is 15.1. The second-order valence-corrected chi connectivity index (χ2v) is 8.72. The van der Waals surface area contributed by atoms with Gasteiger partial charge in [-0.1, -0.05) is 60.7 Å². The molecule has 2 fully saturated rings. The van der Waals surface area contributed by atoms with Crippen LogP contribution >= 0.6 is 0 Å². The number of para-hydroxylation sites is 1. The van der Waals surface area contributed by atoms with Gasteiger partial charge in [-0.15, -0.1) is 0 Å². The molecule has 0 spiro atoms. The highest BCUT2D eigenvalue weighted by molar-refractivity contribution is 6.03. The summed E-state index contributed by atoms with van der Waals surface area (Å²) in [5, 5.41) is 0. The summed E-state index contributed by atoms with van der Waals surface area (Å²) in [6.45, 7) is 4.71. The normalized spacial score (nSPS) is 24.2. The van der Waals surface area contributed by atoms with Gasteiger partial charge in [-0.3, -0.25) is 4.79 Å². The number of benzene rings is 3. The third-order valence-corrected chi connectivity index (χ3v) is 6.08. The van der Waals surface area contributed by atoms with E-state index >= 15 is 0 Å². The van der Waals surface area contributed by atoms with Crippen LogP contribution in [0.25, 0.3) is 0 Å². The third kappa shape index (κ3) is 4.01. The first kappa shape index (κ1) is 20.7. The molecule has 3 aromatic carbocycles. The highest BCUT2D eigenvalue weighted by Gasteiger charge is 2.55. The standard InChI is InChI=1S/C27H27NO4/c1-27(2)31-18-23(32-27)24-25(28(26(24)29)21-11-7-4-8-12-21)20-13-15-22(16-14-20)30-17-19-9-5-3-6-10-19/h3-16,23-25H,17-18H2,1-2H3/t23-,24-,25+/m0/s1. The fourth-order valence-corrected chi connectivity index (χ4v) is 4.50. The molecule has 1 amide bonds. The van der Waals surface area contributed by atoms with Gasteiger partial charge in [0.1, 0.15) is 12.4 Å². The number of carbonyl (C=O) groups is 1. The number of carbonyl (C=O) groups excluding carboxylic acids is 1. The van der Waals surface area contributed by atoms with E-state index in [0.717, 1.165) is 22.6 Å². The molecule has 0 aliphatic carbocycles. The van der Waals surface area contributed by atoms with Gasteiger partial charge >= 0.3 is 0 Å². The lowest BCUT2D eigenvalue weighted by molar-refractivity contribution is -0.157. The van der Waals surface area contributed by atoms with Crippen molar-refractivity contribution in [3.63, 3.8) is 0 Å². The van der Waals surface area contributed by atoms with E-state index < -0.39 is 5.79 Å². The van der Waals surface area contributed by atoms with Crippen molar-refractivity contribution in [1.29, 1.82) is 0 Å². The first-order chi connectivity index (χ1) is 15.5. The molecule has 5 heteroatoms. The molecular formula is C27H27NO4. The minimum atomic E-state index is -0.669. The summed E-state index contributed by atoms with van der Waals surface area (Å²) >= 11 is 0. The topological polar surface area (TPSA) is 48.0 Å². The Morgan fingerprint density at radius 1 is 0.938 bits per heavy atom. The van der Waals surface area contributed by atoms with Crippen molar-refractivity contribution in [2.75, 3.05) is 11.5 Å². The Kier molecular flexibility index (Phi) is 5.45. The van der Waals surface area contributed by atoms with E-state index in [0.29, 0.717) is 13.2 Å². The zero-order valence-corrected chi connectivity index (χ0v) is 18.3. The molecule has 5 rings (SSSR count). The lowest BCUT2D eigenvalue weighted by Crippen LogP contribution is -2.60. The van der Waals surface area contributed by atoms with E-state index in [4.69, 9.17) is 14.2 Å². The van der Waals surface area contributed by atoms with Crippen LogP contribution < -0.4 is 9.64 Å². The van der Waals surface area contributed by atoms with Crippen LogP contribution in [0.2, 0.25) is 0 Å². The first-order valence-electron chi connectivity index (χ1n) is 11.0. The highest BCUT2D eigenvalue weighted by Crippen LogP contribution is 2.48. The molecule has 32 heavy (non-hydrogen) atoms. The molecule has 164 valence electrons. The Morgan fingerprint density at radius 2 is 1.59 bits per heavy atom. The van der Waals surface area contributed by atoms with Crippen LogP contribution in [0.1, 0.15) is 31.0 Å². The van der Waals surface area contributed by atoms with Crippen LogP contribution in [0.15, 0.2) is 84.9 Å². The summed E-state index contributed by atoms with van der Waals surface area (Å²) in [5.74, 6) is -0.0877. The van der Waals surface area contributed by atoms with Gasteiger partial charge in [0.25, 0.3) is 0 Å². The zero-order chi connectivity index (χ0) is 22.1. The zero-order valence-electron chi connectivity index (χ0n) is 18.3. The molecule has 3 atom stereocenters. The minimum absolute atomic E-state index is 0.0666. The van der Waals surface area contributed by atoms with Gasteiger partial charge < -0.3 is 19.1 Å². The fourth-order valence-electron chi connectivity index (χ4n) is 4.50. The Balaban J connectivity index is 1.38. The maximum Gasteiger partial charge on any atom is 0.235 e. The van der Waals surface area contributed by atoms with Gasteiger partial charge in [0.2, 0.25) is 5.91 Å². The molecule has 0 unspecified atom stereocenters. The average molecular weight is 430 g/mol. The smallest absolute Gasteiger partial charge is 0.235 e. The van der Waals surface area contributed by atoms with Crippen molar-refractivity contribution in [3.8, 4) is 5.75 Å². The van der Waals surface area contributed by atoms with E-state index in [1.807, 2.05) is 104 Å². The number of nitrogens with zero attached hydrogens (tertiary/aromatic N) is 1. The molecule has 5 nitrogen and oxygen atoms in total. The van der Waals surface area contributed by atoms with Crippen LogP contribution in [0.4, 0.5) is 5.69 Å². The van der Waals surface area contributed by atoms with Crippen molar-refractivity contribution >= 4 is 11.6 Å². The minimum Gasteiger partial charge on any atom is -0.489 e. The maximum atomic E-state index is 13.2. The monoisotopic (exact) mass is 429 g/mol. The van der Waals surface area contributed by atoms with E-state index in [1.165, 1.54) is 0 Å². The number of ether oxygens (including phenoxy) is 3. The van der Waals surface area contributed by atoms with Crippen LogP contribution in [0, 0.1) is 5.92 Å². The van der Waals surface area contributed by atoms with Crippen molar-refractivity contribution in [1.82, 2.24) is 0 Å². The van der Waals surface area contributed by atoms with Gasteiger partial charge in [-0.2, -0.15) is 0 Å². The van der Waals surface area contributed by atoms with E-state index in [-0.39, 0.29) is 24.0 Å². The average Bonchev–Trinajstić information content (AvgIpc) is 3.16. The van der Waals surface area contributed by atoms with Gasteiger partial charge in [0.05, 0.1) is 24.7 Å². The maximum absolute atomic E-state index is 13.2. The van der Waals surface area contributed by atoms with Crippen LogP contribution in [-0.2, 0) is 20.9 Å². The summed E-state index contributed by atoms with van der Waals surface area (Å²) in [6, 6.07) is 27.8. The Morgan fingerprint density at radius 3 is 2.22 bits per heavy atom. The molecule has 0 bridgehead atoms. The van der Waals surface area contributed by atoms with Crippen LogP contribution in [0.5, 0.6) is 5.75 Å². The van der Waals surface area contributed by atoms with E-state index in [2.05, 4.69) is 0 Å². The van der Waals surface area contributed by atoms with E-state index in [1.54, 1.807) is 0 Å². The third-order valence-electron chi connectivity index (χ3n) is 6.08. The van der Waals surface area contributed by atoms with Crippen molar-refractivity contribution in [2.24, 2.45) is 5.92 Å². The summed E-state index contributed by atoms with van der Waals surface area (Å²) < 4.78 is 17.8. The predicted octanol–water partition coefficient (Wildman–Crippen LogP) is 5.12. The number of hydrogen-bond acceptors (Lipinski definition) is 4. The molecule has 0 radical (unpaired) electrons. The quantitative estimate of drug-likeness (QED) is 0.510. The number of hydrogen-bond donors (Lipinski definition) is 0. The lowest BCUT2D eigenvalue weighted by Gasteiger charge is -2.49. The molecule has 3 aromatic rings. The number of anilines is 1. The lowest BCUT2D eigenvalue weighted by atomic mass is 9.78. The van der Waals surface area contributed by atoms with Crippen molar-refractivity contribution in [2.45, 2.75) is 38.4 Å². The largest absolute Gasteiger partial charge is 0.489 e. The Bertz CT molecular complexity index is 1070. The van der Waals surface area contributed by atoms with E-state index in [9.17, 15) is 4.79 Å². The van der Waals surface area contributed by atoms with Gasteiger partial charge in [-0.05, 0) is 49.2 Å². The van der Waals surface area contributed by atoms with Gasteiger partial charge in [-0.25, -0.2) is 0 Å². The molecule has 0 aromatic heterocycles. The molecule has 2 heterocycles.